The number of hydrogen-bond donors (Lipinski definition) is 1. The van der Waals surface area contributed by atoms with Crippen LogP contribution in [0.2, 0.25) is 0 Å². The molecule has 0 saturated carbocycles. The van der Waals surface area contributed by atoms with Crippen molar-refractivity contribution in [2.75, 3.05) is 19.7 Å². The van der Waals surface area contributed by atoms with E-state index < -0.39 is 5.38 Å². The number of hydrogen-bond acceptors (Lipinski definition) is 2. The Morgan fingerprint density at radius 1 is 1.33 bits per heavy atom. The van der Waals surface area contributed by atoms with Crippen LogP contribution in [0, 0.1) is 0 Å². The van der Waals surface area contributed by atoms with Gasteiger partial charge >= 0.3 is 0 Å². The molecule has 1 amide bonds. The number of carbonyl (C=O) groups is 1. The molecule has 1 N–H and O–H groups in total. The number of carbonyl (C=O) groups excluding carboxylic acids is 1. The number of halogens is 1. The van der Waals surface area contributed by atoms with Crippen LogP contribution in [0.25, 0.3) is 0 Å². The van der Waals surface area contributed by atoms with Gasteiger partial charge in [-0.3, -0.25) is 4.79 Å². The summed E-state index contributed by atoms with van der Waals surface area (Å²) >= 11 is 6.19. The fourth-order valence-electron chi connectivity index (χ4n) is 1.73. The van der Waals surface area contributed by atoms with Crippen LogP contribution in [-0.2, 0) is 4.79 Å². The van der Waals surface area contributed by atoms with Crippen LogP contribution in [0.1, 0.15) is 30.7 Å². The number of rotatable bonds is 7. The number of aliphatic hydroxyl groups is 1. The molecule has 1 aromatic rings. The Balaban J connectivity index is 2.69. The van der Waals surface area contributed by atoms with E-state index in [0.717, 1.165) is 18.4 Å². The molecule has 0 spiro atoms. The highest BCUT2D eigenvalue weighted by atomic mass is 35.5. The van der Waals surface area contributed by atoms with Gasteiger partial charge in [-0.15, -0.1) is 11.6 Å². The van der Waals surface area contributed by atoms with E-state index >= 15 is 0 Å². The Morgan fingerprint density at radius 2 is 2.00 bits per heavy atom. The Hall–Kier alpha value is -1.06. The van der Waals surface area contributed by atoms with E-state index in [1.54, 1.807) is 4.90 Å². The van der Waals surface area contributed by atoms with Crippen molar-refractivity contribution in [2.24, 2.45) is 0 Å². The standard InChI is InChI=1S/C14H20ClNO2/c1-2-3-9-16(10-11-17)14(18)13(15)12-7-5-4-6-8-12/h4-8,13,17H,2-3,9-11H2,1H3. The van der Waals surface area contributed by atoms with Crippen LogP contribution in [-0.4, -0.2) is 35.6 Å². The van der Waals surface area contributed by atoms with E-state index in [9.17, 15) is 4.79 Å². The summed E-state index contributed by atoms with van der Waals surface area (Å²) in [6, 6.07) is 9.29. The van der Waals surface area contributed by atoms with E-state index in [-0.39, 0.29) is 12.5 Å². The maximum Gasteiger partial charge on any atom is 0.245 e. The number of alkyl halides is 1. The van der Waals surface area contributed by atoms with Gasteiger partial charge in [0.2, 0.25) is 5.91 Å². The number of nitrogens with zero attached hydrogens (tertiary/aromatic N) is 1. The minimum atomic E-state index is -0.672. The normalized spacial score (nSPS) is 12.2. The highest BCUT2D eigenvalue weighted by Gasteiger charge is 2.22. The van der Waals surface area contributed by atoms with Gasteiger partial charge in [0, 0.05) is 13.1 Å². The van der Waals surface area contributed by atoms with Crippen molar-refractivity contribution < 1.29 is 9.90 Å². The van der Waals surface area contributed by atoms with Crippen LogP contribution in [0.15, 0.2) is 30.3 Å². The molecule has 0 saturated heterocycles. The van der Waals surface area contributed by atoms with Crippen LogP contribution in [0.3, 0.4) is 0 Å². The number of benzene rings is 1. The molecular weight excluding hydrogens is 250 g/mol. The van der Waals surface area contributed by atoms with E-state index in [2.05, 4.69) is 6.92 Å². The molecule has 0 heterocycles. The average molecular weight is 270 g/mol. The molecule has 1 unspecified atom stereocenters. The second-order valence-electron chi connectivity index (χ2n) is 4.18. The Labute approximate surface area is 113 Å². The number of aliphatic hydroxyl groups excluding tert-OH is 1. The largest absolute Gasteiger partial charge is 0.395 e. The van der Waals surface area contributed by atoms with E-state index in [0.29, 0.717) is 13.1 Å². The smallest absolute Gasteiger partial charge is 0.245 e. The third kappa shape index (κ3) is 4.31. The van der Waals surface area contributed by atoms with Gasteiger partial charge in [-0.05, 0) is 12.0 Å². The summed E-state index contributed by atoms with van der Waals surface area (Å²) in [5.41, 5.74) is 0.795. The van der Waals surface area contributed by atoms with Gasteiger partial charge in [0.25, 0.3) is 0 Å². The summed E-state index contributed by atoms with van der Waals surface area (Å²) in [6.45, 7) is 3.02. The molecule has 0 bridgehead atoms. The number of unbranched alkanes of at least 4 members (excludes halogenated alkanes) is 1. The first-order chi connectivity index (χ1) is 8.70. The maximum atomic E-state index is 12.2. The Bertz CT molecular complexity index is 356. The highest BCUT2D eigenvalue weighted by Crippen LogP contribution is 2.22. The second kappa shape index (κ2) is 8.11. The molecule has 0 aromatic heterocycles. The first kappa shape index (κ1) is 15.0. The molecule has 0 aliphatic rings. The quantitative estimate of drug-likeness (QED) is 0.773. The van der Waals surface area contributed by atoms with Gasteiger partial charge in [-0.2, -0.15) is 0 Å². The van der Waals surface area contributed by atoms with E-state index in [1.165, 1.54) is 0 Å². The van der Waals surface area contributed by atoms with Crippen LogP contribution < -0.4 is 0 Å². The van der Waals surface area contributed by atoms with Crippen LogP contribution >= 0.6 is 11.6 Å². The second-order valence-corrected chi connectivity index (χ2v) is 4.61. The van der Waals surface area contributed by atoms with Crippen molar-refractivity contribution in [3.63, 3.8) is 0 Å². The zero-order chi connectivity index (χ0) is 13.4. The summed E-state index contributed by atoms with van der Waals surface area (Å²) in [4.78, 5) is 13.9. The molecule has 1 aromatic carbocycles. The van der Waals surface area contributed by atoms with Crippen molar-refractivity contribution >= 4 is 17.5 Å². The first-order valence-corrected chi connectivity index (χ1v) is 6.73. The minimum Gasteiger partial charge on any atom is -0.395 e. The fraction of sp³-hybridized carbons (Fsp3) is 0.500. The first-order valence-electron chi connectivity index (χ1n) is 6.29. The molecule has 4 heteroatoms. The molecule has 0 radical (unpaired) electrons. The summed E-state index contributed by atoms with van der Waals surface area (Å²) in [6.07, 6.45) is 1.93. The van der Waals surface area contributed by atoms with Gasteiger partial charge in [-0.25, -0.2) is 0 Å². The number of amides is 1. The lowest BCUT2D eigenvalue weighted by atomic mass is 10.1. The molecule has 18 heavy (non-hydrogen) atoms. The Kier molecular flexibility index (Phi) is 6.76. The molecule has 3 nitrogen and oxygen atoms in total. The summed E-state index contributed by atoms with van der Waals surface area (Å²) in [5, 5.41) is 8.33. The molecule has 100 valence electrons. The third-order valence-corrected chi connectivity index (χ3v) is 3.21. The van der Waals surface area contributed by atoms with Crippen molar-refractivity contribution in [3.05, 3.63) is 35.9 Å². The summed E-state index contributed by atoms with van der Waals surface area (Å²) in [7, 11) is 0. The van der Waals surface area contributed by atoms with Crippen molar-refractivity contribution in [1.29, 1.82) is 0 Å². The van der Waals surface area contributed by atoms with Gasteiger partial charge in [0.1, 0.15) is 5.38 Å². The lowest BCUT2D eigenvalue weighted by molar-refractivity contribution is -0.131. The summed E-state index contributed by atoms with van der Waals surface area (Å²) in [5.74, 6) is -0.134. The predicted octanol–water partition coefficient (Wildman–Crippen LogP) is 2.59. The van der Waals surface area contributed by atoms with E-state index in [4.69, 9.17) is 16.7 Å². The predicted molar refractivity (Wildman–Crippen MR) is 73.6 cm³/mol. The highest BCUT2D eigenvalue weighted by molar-refractivity contribution is 6.30. The SMILES string of the molecule is CCCCN(CCO)C(=O)C(Cl)c1ccccc1. The lowest BCUT2D eigenvalue weighted by Crippen LogP contribution is -2.36. The molecule has 1 rings (SSSR count). The molecule has 1 atom stereocenters. The van der Waals surface area contributed by atoms with Crippen molar-refractivity contribution in [1.82, 2.24) is 4.90 Å². The summed E-state index contributed by atoms with van der Waals surface area (Å²) < 4.78 is 0. The van der Waals surface area contributed by atoms with Gasteiger partial charge in [0.05, 0.1) is 6.61 Å². The maximum absolute atomic E-state index is 12.2. The average Bonchev–Trinajstić information content (AvgIpc) is 2.43. The van der Waals surface area contributed by atoms with Crippen LogP contribution in [0.5, 0.6) is 0 Å². The monoisotopic (exact) mass is 269 g/mol. The third-order valence-electron chi connectivity index (χ3n) is 2.77. The molecule has 0 fully saturated rings. The zero-order valence-corrected chi connectivity index (χ0v) is 11.4. The Morgan fingerprint density at radius 3 is 2.56 bits per heavy atom. The van der Waals surface area contributed by atoms with Crippen molar-refractivity contribution in [3.8, 4) is 0 Å². The topological polar surface area (TPSA) is 40.5 Å². The van der Waals surface area contributed by atoms with Crippen LogP contribution in [0.4, 0.5) is 0 Å². The lowest BCUT2D eigenvalue weighted by Gasteiger charge is -2.24. The van der Waals surface area contributed by atoms with Gasteiger partial charge in [-0.1, -0.05) is 43.7 Å². The molecule has 0 aliphatic heterocycles. The van der Waals surface area contributed by atoms with E-state index in [1.807, 2.05) is 30.3 Å². The van der Waals surface area contributed by atoms with Gasteiger partial charge in [0.15, 0.2) is 0 Å². The zero-order valence-electron chi connectivity index (χ0n) is 10.7. The molecular formula is C14H20ClNO2. The van der Waals surface area contributed by atoms with Crippen molar-refractivity contribution in [2.45, 2.75) is 25.1 Å². The van der Waals surface area contributed by atoms with Gasteiger partial charge < -0.3 is 10.0 Å². The minimum absolute atomic E-state index is 0.0339. The fourth-order valence-corrected chi connectivity index (χ4v) is 2.01. The molecule has 0 aliphatic carbocycles.